The molecule has 0 saturated heterocycles. The third kappa shape index (κ3) is 2.01. The van der Waals surface area contributed by atoms with E-state index in [-0.39, 0.29) is 11.7 Å². The average Bonchev–Trinajstić information content (AvgIpc) is 2.31. The molecule has 0 bridgehead atoms. The van der Waals surface area contributed by atoms with Crippen molar-refractivity contribution >= 4 is 0 Å². The van der Waals surface area contributed by atoms with Gasteiger partial charge in [-0.1, -0.05) is 30.3 Å². The van der Waals surface area contributed by atoms with Crippen LogP contribution < -0.4 is 0 Å². The summed E-state index contributed by atoms with van der Waals surface area (Å²) in [5.74, 6) is -0.311. The molecule has 0 aliphatic heterocycles. The quantitative estimate of drug-likeness (QED) is 0.828. The van der Waals surface area contributed by atoms with Crippen molar-refractivity contribution in [3.8, 4) is 11.8 Å². The van der Waals surface area contributed by atoms with Gasteiger partial charge in [-0.05, 0) is 17.2 Å². The molecule has 2 rings (SSSR count). The standard InChI is InChI=1S/C13H10N2O/c14-7-13(10-4-2-1-3-5-10)11-6-12(16)9-15-8-11/h1-6,8-9,13,16H. The Balaban J connectivity index is 2.42. The first kappa shape index (κ1) is 10.2. The second kappa shape index (κ2) is 4.45. The number of pyridine rings is 1. The van der Waals surface area contributed by atoms with Gasteiger partial charge < -0.3 is 5.11 Å². The lowest BCUT2D eigenvalue weighted by atomic mass is 9.94. The zero-order valence-electron chi connectivity index (χ0n) is 8.54. The monoisotopic (exact) mass is 210 g/mol. The van der Waals surface area contributed by atoms with E-state index in [0.717, 1.165) is 5.56 Å². The Morgan fingerprint density at radius 2 is 1.88 bits per heavy atom. The van der Waals surface area contributed by atoms with Crippen LogP contribution in [0.3, 0.4) is 0 Å². The third-order valence-corrected chi connectivity index (χ3v) is 2.34. The van der Waals surface area contributed by atoms with E-state index in [4.69, 9.17) is 5.26 Å². The maximum absolute atomic E-state index is 9.33. The molecule has 16 heavy (non-hydrogen) atoms. The molecule has 0 amide bonds. The first-order valence-electron chi connectivity index (χ1n) is 4.90. The summed E-state index contributed by atoms with van der Waals surface area (Å²) in [6.07, 6.45) is 2.95. The minimum absolute atomic E-state index is 0.0775. The Bertz CT molecular complexity index is 517. The topological polar surface area (TPSA) is 56.9 Å². The zero-order chi connectivity index (χ0) is 11.4. The molecular formula is C13H10N2O. The second-order valence-corrected chi connectivity index (χ2v) is 3.45. The molecule has 1 aromatic heterocycles. The van der Waals surface area contributed by atoms with E-state index < -0.39 is 0 Å². The summed E-state index contributed by atoms with van der Waals surface area (Å²) in [4.78, 5) is 3.88. The SMILES string of the molecule is N#CC(c1ccccc1)c1cncc(O)c1. The number of aromatic nitrogens is 1. The summed E-state index contributed by atoms with van der Waals surface area (Å²) < 4.78 is 0. The Morgan fingerprint density at radius 3 is 2.50 bits per heavy atom. The highest BCUT2D eigenvalue weighted by atomic mass is 16.3. The highest BCUT2D eigenvalue weighted by Crippen LogP contribution is 2.25. The zero-order valence-corrected chi connectivity index (χ0v) is 8.54. The summed E-state index contributed by atoms with van der Waals surface area (Å²) in [5.41, 5.74) is 1.60. The summed E-state index contributed by atoms with van der Waals surface area (Å²) >= 11 is 0. The minimum atomic E-state index is -0.388. The summed E-state index contributed by atoms with van der Waals surface area (Å²) in [6, 6.07) is 13.2. The fourth-order valence-electron chi connectivity index (χ4n) is 1.59. The molecule has 3 nitrogen and oxygen atoms in total. The molecule has 1 N–H and O–H groups in total. The third-order valence-electron chi connectivity index (χ3n) is 2.34. The van der Waals surface area contributed by atoms with Crippen LogP contribution in [0.15, 0.2) is 48.8 Å². The largest absolute Gasteiger partial charge is 0.506 e. The van der Waals surface area contributed by atoms with Crippen molar-refractivity contribution in [1.82, 2.24) is 4.98 Å². The van der Waals surface area contributed by atoms with E-state index in [1.807, 2.05) is 30.3 Å². The van der Waals surface area contributed by atoms with Gasteiger partial charge in [-0.25, -0.2) is 0 Å². The van der Waals surface area contributed by atoms with Crippen molar-refractivity contribution in [2.24, 2.45) is 0 Å². The van der Waals surface area contributed by atoms with Crippen LogP contribution >= 0.6 is 0 Å². The summed E-state index contributed by atoms with van der Waals surface area (Å²) in [7, 11) is 0. The molecule has 0 spiro atoms. The molecule has 0 aliphatic rings. The predicted molar refractivity (Wildman–Crippen MR) is 59.8 cm³/mol. The van der Waals surface area contributed by atoms with E-state index in [1.54, 1.807) is 12.3 Å². The van der Waals surface area contributed by atoms with Gasteiger partial charge in [0, 0.05) is 6.20 Å². The molecule has 0 fully saturated rings. The Hall–Kier alpha value is -2.34. The lowest BCUT2D eigenvalue weighted by molar-refractivity contribution is 0.471. The summed E-state index contributed by atoms with van der Waals surface area (Å²) in [5, 5.41) is 18.5. The maximum Gasteiger partial charge on any atom is 0.134 e. The molecule has 2 aromatic rings. The van der Waals surface area contributed by atoms with Gasteiger partial charge in [-0.2, -0.15) is 5.26 Å². The predicted octanol–water partition coefficient (Wildman–Crippen LogP) is 2.44. The number of aromatic hydroxyl groups is 1. The molecule has 1 aromatic carbocycles. The fourth-order valence-corrected chi connectivity index (χ4v) is 1.59. The van der Waals surface area contributed by atoms with Crippen LogP contribution in [0, 0.1) is 11.3 Å². The van der Waals surface area contributed by atoms with Crippen LogP contribution in [0.4, 0.5) is 0 Å². The van der Waals surface area contributed by atoms with Crippen LogP contribution in [0.25, 0.3) is 0 Å². The highest BCUT2D eigenvalue weighted by molar-refractivity contribution is 5.38. The van der Waals surface area contributed by atoms with Gasteiger partial charge >= 0.3 is 0 Å². The van der Waals surface area contributed by atoms with Gasteiger partial charge in [0.2, 0.25) is 0 Å². The fraction of sp³-hybridized carbons (Fsp3) is 0.0769. The molecule has 1 unspecified atom stereocenters. The molecule has 1 heterocycles. The molecule has 0 aliphatic carbocycles. The van der Waals surface area contributed by atoms with Crippen LogP contribution in [0.2, 0.25) is 0 Å². The van der Waals surface area contributed by atoms with E-state index in [2.05, 4.69) is 11.1 Å². The van der Waals surface area contributed by atoms with Crippen molar-refractivity contribution in [2.45, 2.75) is 5.92 Å². The van der Waals surface area contributed by atoms with Gasteiger partial charge in [0.1, 0.15) is 5.75 Å². The lowest BCUT2D eigenvalue weighted by Gasteiger charge is -2.09. The van der Waals surface area contributed by atoms with Crippen LogP contribution in [-0.4, -0.2) is 10.1 Å². The number of hydrogen-bond donors (Lipinski definition) is 1. The smallest absolute Gasteiger partial charge is 0.134 e. The van der Waals surface area contributed by atoms with Gasteiger partial charge in [-0.15, -0.1) is 0 Å². The average molecular weight is 210 g/mol. The second-order valence-electron chi connectivity index (χ2n) is 3.45. The van der Waals surface area contributed by atoms with Crippen LogP contribution in [0.5, 0.6) is 5.75 Å². The normalized spacial score (nSPS) is 11.7. The van der Waals surface area contributed by atoms with Crippen molar-refractivity contribution in [3.63, 3.8) is 0 Å². The molecule has 78 valence electrons. The number of hydrogen-bond acceptors (Lipinski definition) is 3. The number of benzene rings is 1. The molecule has 0 saturated carbocycles. The van der Waals surface area contributed by atoms with Gasteiger partial charge in [-0.3, -0.25) is 4.98 Å². The Morgan fingerprint density at radius 1 is 1.12 bits per heavy atom. The molecule has 1 atom stereocenters. The van der Waals surface area contributed by atoms with Gasteiger partial charge in [0.15, 0.2) is 0 Å². The van der Waals surface area contributed by atoms with Crippen molar-refractivity contribution in [2.75, 3.05) is 0 Å². The maximum atomic E-state index is 9.33. The van der Waals surface area contributed by atoms with E-state index in [1.165, 1.54) is 6.20 Å². The number of nitrogens with zero attached hydrogens (tertiary/aromatic N) is 2. The van der Waals surface area contributed by atoms with Crippen molar-refractivity contribution in [3.05, 3.63) is 59.9 Å². The molecule has 3 heteroatoms. The van der Waals surface area contributed by atoms with E-state index in [0.29, 0.717) is 5.56 Å². The Labute approximate surface area is 93.6 Å². The first-order valence-corrected chi connectivity index (χ1v) is 4.90. The van der Waals surface area contributed by atoms with Gasteiger partial charge in [0.25, 0.3) is 0 Å². The number of nitriles is 1. The Kier molecular flexibility index (Phi) is 2.84. The summed E-state index contributed by atoms with van der Waals surface area (Å²) in [6.45, 7) is 0. The van der Waals surface area contributed by atoms with E-state index in [9.17, 15) is 5.11 Å². The van der Waals surface area contributed by atoms with Crippen molar-refractivity contribution < 1.29 is 5.11 Å². The van der Waals surface area contributed by atoms with Crippen molar-refractivity contribution in [1.29, 1.82) is 5.26 Å². The first-order chi connectivity index (χ1) is 7.81. The minimum Gasteiger partial charge on any atom is -0.506 e. The molecule has 0 radical (unpaired) electrons. The van der Waals surface area contributed by atoms with Gasteiger partial charge in [0.05, 0.1) is 18.2 Å². The van der Waals surface area contributed by atoms with Crippen LogP contribution in [0.1, 0.15) is 17.0 Å². The molecular weight excluding hydrogens is 200 g/mol. The number of rotatable bonds is 2. The lowest BCUT2D eigenvalue weighted by Crippen LogP contribution is -1.98. The highest BCUT2D eigenvalue weighted by Gasteiger charge is 2.13. The van der Waals surface area contributed by atoms with E-state index >= 15 is 0 Å². The van der Waals surface area contributed by atoms with Crippen LogP contribution in [-0.2, 0) is 0 Å².